The number of amidine groups is 1. The number of nitrogen functional groups attached to an aromatic ring is 1. The van der Waals surface area contributed by atoms with Crippen molar-refractivity contribution < 1.29 is 31.5 Å². The Morgan fingerprint density at radius 2 is 1.44 bits per heavy atom. The largest absolute Gasteiger partial charge is 0.478 e. The molecule has 5 N–H and O–H groups in total. The van der Waals surface area contributed by atoms with Gasteiger partial charge in [0.2, 0.25) is 0 Å². The number of anilines is 1. The third-order valence-electron chi connectivity index (χ3n) is 6.59. The van der Waals surface area contributed by atoms with Crippen LogP contribution >= 0.6 is 0 Å². The van der Waals surface area contributed by atoms with E-state index in [-0.39, 0.29) is 32.6 Å². The normalized spacial score (nSPS) is 11.7. The Hall–Kier alpha value is -5.20. The molecule has 10 nitrogen and oxygen atoms in total. The maximum atomic E-state index is 13.1. The van der Waals surface area contributed by atoms with Gasteiger partial charge in [0.1, 0.15) is 17.3 Å². The third kappa shape index (κ3) is 6.35. The number of carbonyl (C=O) groups is 1. The molecule has 0 aliphatic heterocycles. The monoisotopic (exact) mass is 615 g/mol. The number of hydrogen-bond acceptors (Lipinski definition) is 7. The van der Waals surface area contributed by atoms with Crippen molar-refractivity contribution in [1.82, 2.24) is 0 Å². The molecule has 5 aromatic carbocycles. The lowest BCUT2D eigenvalue weighted by atomic mass is 9.98. The van der Waals surface area contributed by atoms with Crippen LogP contribution in [0.5, 0.6) is 11.5 Å². The molecule has 12 heteroatoms. The van der Waals surface area contributed by atoms with Crippen LogP contribution in [0.3, 0.4) is 0 Å². The van der Waals surface area contributed by atoms with E-state index in [0.29, 0.717) is 22.4 Å². The molecule has 5 aromatic rings. The summed E-state index contributed by atoms with van der Waals surface area (Å²) in [6, 6.07) is 26.2. The van der Waals surface area contributed by atoms with Gasteiger partial charge in [-0.2, -0.15) is 0 Å². The smallest absolute Gasteiger partial charge is 0.336 e. The number of ether oxygens (including phenoxy) is 1. The number of nitrogens with two attached hydrogens (primary N) is 1. The lowest BCUT2D eigenvalue weighted by Gasteiger charge is -2.16. The number of carboxylic acid groups (broad SMARTS) is 1. The quantitative estimate of drug-likeness (QED) is 0.124. The maximum absolute atomic E-state index is 13.1. The van der Waals surface area contributed by atoms with Gasteiger partial charge in [-0.15, -0.1) is 0 Å². The first kappa shape index (κ1) is 29.3. The van der Waals surface area contributed by atoms with Gasteiger partial charge >= 0.3 is 5.97 Å². The van der Waals surface area contributed by atoms with Gasteiger partial charge in [-0.25, -0.2) is 21.6 Å². The van der Waals surface area contributed by atoms with Crippen molar-refractivity contribution >= 4 is 48.1 Å². The summed E-state index contributed by atoms with van der Waals surface area (Å²) in [5.41, 5.74) is 6.91. The molecule has 0 bridgehead atoms. The number of sulfone groups is 1. The minimum absolute atomic E-state index is 0.0148. The number of aromatic carboxylic acids is 1. The van der Waals surface area contributed by atoms with Gasteiger partial charge in [0.05, 0.1) is 15.4 Å². The predicted octanol–water partition coefficient (Wildman–Crippen LogP) is 5.49. The standard InChI is InChI=1S/C31H25N3O7S2/c1-42(37,38)24-11-13-25(14-12-24)43(39,40)34-22-9-15-29(28(18-22)26-4-2-3-5-27(26)31(35)36)41-23-10-8-19-16-21(30(32)33)7-6-20(19)17-23/h2-18,34H,1H3,(H3,32,33)(H,35,36). The highest BCUT2D eigenvalue weighted by atomic mass is 32.2. The Morgan fingerprint density at radius 1 is 0.791 bits per heavy atom. The van der Waals surface area contributed by atoms with Gasteiger partial charge in [0.15, 0.2) is 9.84 Å². The lowest BCUT2D eigenvalue weighted by Crippen LogP contribution is -2.13. The van der Waals surface area contributed by atoms with E-state index in [0.717, 1.165) is 17.0 Å². The van der Waals surface area contributed by atoms with Gasteiger partial charge in [-0.3, -0.25) is 10.1 Å². The second-order valence-corrected chi connectivity index (χ2v) is 13.3. The van der Waals surface area contributed by atoms with E-state index < -0.39 is 25.8 Å². The highest BCUT2D eigenvalue weighted by molar-refractivity contribution is 7.92. The fourth-order valence-electron chi connectivity index (χ4n) is 4.46. The molecule has 0 atom stereocenters. The zero-order valence-corrected chi connectivity index (χ0v) is 24.2. The summed E-state index contributed by atoms with van der Waals surface area (Å²) in [5.74, 6) is -0.513. The zero-order chi connectivity index (χ0) is 30.9. The molecule has 0 aliphatic rings. The highest BCUT2D eigenvalue weighted by Gasteiger charge is 2.20. The third-order valence-corrected chi connectivity index (χ3v) is 9.12. The van der Waals surface area contributed by atoms with Crippen LogP contribution < -0.4 is 15.2 Å². The average Bonchev–Trinajstić information content (AvgIpc) is 2.97. The molecule has 0 spiro atoms. The number of fused-ring (bicyclic) bond motifs is 1. The van der Waals surface area contributed by atoms with Crippen molar-refractivity contribution in [2.75, 3.05) is 11.0 Å². The second kappa shape index (κ2) is 11.2. The van der Waals surface area contributed by atoms with Crippen LogP contribution in [-0.4, -0.2) is 40.0 Å². The highest BCUT2D eigenvalue weighted by Crippen LogP contribution is 2.38. The Bertz CT molecular complexity index is 2130. The lowest BCUT2D eigenvalue weighted by molar-refractivity contribution is 0.0697. The van der Waals surface area contributed by atoms with Crippen LogP contribution in [0.1, 0.15) is 15.9 Å². The number of benzene rings is 5. The molecule has 0 amide bonds. The summed E-state index contributed by atoms with van der Waals surface area (Å²) in [6.07, 6.45) is 1.02. The van der Waals surface area contributed by atoms with E-state index in [1.807, 2.05) is 0 Å². The van der Waals surface area contributed by atoms with Crippen molar-refractivity contribution in [2.24, 2.45) is 5.73 Å². The molecule has 0 saturated carbocycles. The van der Waals surface area contributed by atoms with Gasteiger partial charge in [-0.05, 0) is 83.1 Å². The summed E-state index contributed by atoms with van der Waals surface area (Å²) in [4.78, 5) is 11.9. The SMILES string of the molecule is CS(=O)(=O)c1ccc(S(=O)(=O)Nc2ccc(Oc3ccc4cc(C(=N)N)ccc4c3)c(-c3ccccc3C(=O)O)c2)cc1. The summed E-state index contributed by atoms with van der Waals surface area (Å²) in [7, 11) is -7.64. The van der Waals surface area contributed by atoms with Crippen LogP contribution in [0.25, 0.3) is 21.9 Å². The van der Waals surface area contributed by atoms with Gasteiger partial charge in [0, 0.05) is 23.1 Å². The summed E-state index contributed by atoms with van der Waals surface area (Å²) in [6.45, 7) is 0. The molecule has 0 aromatic heterocycles. The molecule has 0 heterocycles. The van der Waals surface area contributed by atoms with E-state index in [2.05, 4.69) is 4.72 Å². The fourth-order valence-corrected chi connectivity index (χ4v) is 6.14. The molecule has 0 aliphatic carbocycles. The molecule has 0 radical (unpaired) electrons. The van der Waals surface area contributed by atoms with Gasteiger partial charge in [-0.1, -0.05) is 36.4 Å². The van der Waals surface area contributed by atoms with Crippen molar-refractivity contribution in [3.8, 4) is 22.6 Å². The van der Waals surface area contributed by atoms with Crippen molar-refractivity contribution in [3.05, 3.63) is 114 Å². The van der Waals surface area contributed by atoms with E-state index in [4.69, 9.17) is 15.9 Å². The van der Waals surface area contributed by atoms with Crippen LogP contribution in [0.15, 0.2) is 113 Å². The van der Waals surface area contributed by atoms with E-state index in [1.165, 1.54) is 48.5 Å². The maximum Gasteiger partial charge on any atom is 0.336 e. The summed E-state index contributed by atoms with van der Waals surface area (Å²) >= 11 is 0. The van der Waals surface area contributed by atoms with E-state index in [9.17, 15) is 26.7 Å². The minimum atomic E-state index is -4.13. The van der Waals surface area contributed by atoms with E-state index in [1.54, 1.807) is 54.6 Å². The average molecular weight is 616 g/mol. The van der Waals surface area contributed by atoms with Crippen molar-refractivity contribution in [2.45, 2.75) is 9.79 Å². The zero-order valence-electron chi connectivity index (χ0n) is 22.6. The number of nitrogens with one attached hydrogen (secondary N) is 2. The molecule has 218 valence electrons. The Labute approximate surface area is 247 Å². The van der Waals surface area contributed by atoms with Crippen LogP contribution in [-0.2, 0) is 19.9 Å². The second-order valence-electron chi connectivity index (χ2n) is 9.65. The topological polar surface area (TPSA) is 177 Å². The first-order valence-corrected chi connectivity index (χ1v) is 16.0. The molecule has 0 unspecified atom stereocenters. The van der Waals surface area contributed by atoms with Crippen LogP contribution in [0, 0.1) is 5.41 Å². The van der Waals surface area contributed by atoms with Crippen LogP contribution in [0.4, 0.5) is 5.69 Å². The Kier molecular flexibility index (Phi) is 7.65. The summed E-state index contributed by atoms with van der Waals surface area (Å²) < 4.78 is 58.5. The number of rotatable bonds is 9. The number of sulfonamides is 1. The molecule has 5 rings (SSSR count). The molecular formula is C31H25N3O7S2. The van der Waals surface area contributed by atoms with Crippen molar-refractivity contribution in [3.63, 3.8) is 0 Å². The summed E-state index contributed by atoms with van der Waals surface area (Å²) in [5, 5.41) is 19.2. The Morgan fingerprint density at radius 3 is 2.12 bits per heavy atom. The Balaban J connectivity index is 1.55. The number of hydrogen-bond donors (Lipinski definition) is 4. The van der Waals surface area contributed by atoms with Crippen LogP contribution in [0.2, 0.25) is 0 Å². The number of carboxylic acids is 1. The molecule has 0 saturated heterocycles. The molecule has 0 fully saturated rings. The fraction of sp³-hybridized carbons (Fsp3) is 0.0323. The first-order valence-electron chi connectivity index (χ1n) is 12.7. The van der Waals surface area contributed by atoms with Crippen molar-refractivity contribution in [1.29, 1.82) is 5.41 Å². The van der Waals surface area contributed by atoms with E-state index >= 15 is 0 Å². The predicted molar refractivity (Wildman–Crippen MR) is 164 cm³/mol. The van der Waals surface area contributed by atoms with Gasteiger partial charge < -0.3 is 15.6 Å². The molecular weight excluding hydrogens is 590 g/mol. The minimum Gasteiger partial charge on any atom is -0.478 e. The first-order chi connectivity index (χ1) is 20.3. The van der Waals surface area contributed by atoms with Gasteiger partial charge in [0.25, 0.3) is 10.0 Å². The molecule has 43 heavy (non-hydrogen) atoms.